The van der Waals surface area contributed by atoms with Crippen molar-refractivity contribution in [1.82, 2.24) is 0 Å². The van der Waals surface area contributed by atoms with Gasteiger partial charge in [-0.05, 0) is 44.0 Å². The predicted molar refractivity (Wildman–Crippen MR) is 91.2 cm³/mol. The number of aryl methyl sites for hydroxylation is 2. The predicted octanol–water partition coefficient (Wildman–Crippen LogP) is 3.22. The fourth-order valence-corrected chi connectivity index (χ4v) is 2.51. The van der Waals surface area contributed by atoms with Crippen molar-refractivity contribution in [3.63, 3.8) is 0 Å². The van der Waals surface area contributed by atoms with E-state index in [-0.39, 0.29) is 11.9 Å². The number of carbonyl (C=O) groups excluding carboxylic acids is 1. The van der Waals surface area contributed by atoms with Gasteiger partial charge in [0.05, 0.1) is 0 Å². The van der Waals surface area contributed by atoms with Crippen LogP contribution in [0.15, 0.2) is 42.5 Å². The molecule has 0 aliphatic carbocycles. The number of carbonyl (C=O) groups is 1. The summed E-state index contributed by atoms with van der Waals surface area (Å²) in [4.78, 5) is 12.1. The van der Waals surface area contributed by atoms with Gasteiger partial charge in [-0.15, -0.1) is 0 Å². The van der Waals surface area contributed by atoms with Gasteiger partial charge in [-0.2, -0.15) is 0 Å². The summed E-state index contributed by atoms with van der Waals surface area (Å²) in [5.74, 6) is 0.0122. The monoisotopic (exact) mass is 317 g/mol. The smallest absolute Gasteiger partial charge is 0.279 e. The number of amides is 1. The largest absolute Gasteiger partial charge is 0.333 e. The first-order valence-electron chi connectivity index (χ1n) is 7.42. The molecule has 0 saturated carbocycles. The number of nitrogens with one attached hydrogen (secondary N) is 1. The molecular formula is C18H22ClN2O+. The van der Waals surface area contributed by atoms with Gasteiger partial charge in [-0.1, -0.05) is 41.9 Å². The summed E-state index contributed by atoms with van der Waals surface area (Å²) in [5.41, 5.74) is 4.24. The zero-order valence-corrected chi connectivity index (χ0v) is 13.9. The quantitative estimate of drug-likeness (QED) is 0.874. The average molecular weight is 318 g/mol. The van der Waals surface area contributed by atoms with Gasteiger partial charge < -0.3 is 10.6 Å². The van der Waals surface area contributed by atoms with Crippen LogP contribution in [-0.2, 0) is 4.79 Å². The molecule has 0 spiro atoms. The molecule has 4 heteroatoms. The molecule has 0 aromatic heterocycles. The lowest BCUT2D eigenvalue weighted by Crippen LogP contribution is -2.86. The van der Waals surface area contributed by atoms with Crippen LogP contribution >= 0.6 is 11.6 Å². The Morgan fingerprint density at radius 2 is 1.73 bits per heavy atom. The second-order valence-corrected chi connectivity index (χ2v) is 6.03. The molecule has 0 saturated heterocycles. The summed E-state index contributed by atoms with van der Waals surface area (Å²) < 4.78 is 0. The molecule has 0 fully saturated rings. The first-order valence-corrected chi connectivity index (χ1v) is 7.80. The van der Waals surface area contributed by atoms with E-state index in [1.807, 2.05) is 61.6 Å². The van der Waals surface area contributed by atoms with Crippen molar-refractivity contribution >= 4 is 23.2 Å². The molecule has 2 aromatic rings. The molecule has 22 heavy (non-hydrogen) atoms. The van der Waals surface area contributed by atoms with Crippen molar-refractivity contribution < 1.29 is 10.1 Å². The molecule has 0 aliphatic heterocycles. The molecule has 2 rings (SSSR count). The van der Waals surface area contributed by atoms with E-state index < -0.39 is 0 Å². The number of nitrogens with two attached hydrogens (primary N) is 1. The third-order valence-corrected chi connectivity index (χ3v) is 4.05. The normalized spacial score (nSPS) is 12.0. The number of anilines is 1. The van der Waals surface area contributed by atoms with Crippen molar-refractivity contribution in [3.8, 4) is 0 Å². The van der Waals surface area contributed by atoms with Crippen molar-refractivity contribution in [1.29, 1.82) is 0 Å². The summed E-state index contributed by atoms with van der Waals surface area (Å²) >= 11 is 5.89. The highest BCUT2D eigenvalue weighted by Gasteiger charge is 2.13. The van der Waals surface area contributed by atoms with Gasteiger partial charge in [0.1, 0.15) is 6.04 Å². The van der Waals surface area contributed by atoms with Crippen LogP contribution in [0.4, 0.5) is 5.69 Å². The Labute approximate surface area is 136 Å². The van der Waals surface area contributed by atoms with E-state index in [0.717, 1.165) is 27.4 Å². The molecule has 1 atom stereocenters. The van der Waals surface area contributed by atoms with Crippen LogP contribution < -0.4 is 10.6 Å². The standard InChI is InChI=1S/C18H21ClN2O/c1-12-5-4-6-13(2)18(12)21-17(22)11-20-14(3)15-7-9-16(19)10-8-15/h4-10,14,20H,11H2,1-3H3,(H,21,22)/p+1/t14-/m0/s1. The molecule has 2 aromatic carbocycles. The zero-order chi connectivity index (χ0) is 16.1. The fourth-order valence-electron chi connectivity index (χ4n) is 2.39. The van der Waals surface area contributed by atoms with Crippen LogP contribution in [0.2, 0.25) is 5.02 Å². The third-order valence-electron chi connectivity index (χ3n) is 3.80. The number of rotatable bonds is 5. The van der Waals surface area contributed by atoms with Crippen molar-refractivity contribution in [3.05, 3.63) is 64.2 Å². The lowest BCUT2D eigenvalue weighted by Gasteiger charge is -2.13. The molecule has 0 heterocycles. The summed E-state index contributed by atoms with van der Waals surface area (Å²) in [6, 6.07) is 13.9. The average Bonchev–Trinajstić information content (AvgIpc) is 2.49. The highest BCUT2D eigenvalue weighted by atomic mass is 35.5. The molecule has 3 nitrogen and oxygen atoms in total. The SMILES string of the molecule is Cc1cccc(C)c1NC(=O)C[NH2+][C@@H](C)c1ccc(Cl)cc1. The van der Waals surface area contributed by atoms with Crippen molar-refractivity contribution in [2.24, 2.45) is 0 Å². The van der Waals surface area contributed by atoms with Gasteiger partial charge >= 0.3 is 0 Å². The van der Waals surface area contributed by atoms with Gasteiger partial charge in [0.25, 0.3) is 5.91 Å². The fraction of sp³-hybridized carbons (Fsp3) is 0.278. The second-order valence-electron chi connectivity index (χ2n) is 5.60. The minimum atomic E-state index is 0.0122. The Bertz CT molecular complexity index is 632. The summed E-state index contributed by atoms with van der Waals surface area (Å²) in [6.07, 6.45) is 0. The number of halogens is 1. The maximum atomic E-state index is 12.1. The molecule has 1 amide bonds. The Morgan fingerprint density at radius 1 is 1.14 bits per heavy atom. The van der Waals surface area contributed by atoms with Crippen LogP contribution in [0, 0.1) is 13.8 Å². The molecule has 116 valence electrons. The number of hydrogen-bond acceptors (Lipinski definition) is 1. The highest BCUT2D eigenvalue weighted by Crippen LogP contribution is 2.19. The number of para-hydroxylation sites is 1. The van der Waals surface area contributed by atoms with E-state index in [0.29, 0.717) is 6.54 Å². The lowest BCUT2D eigenvalue weighted by atomic mass is 10.1. The Hall–Kier alpha value is -1.84. The van der Waals surface area contributed by atoms with Gasteiger partial charge in [0.2, 0.25) is 0 Å². The van der Waals surface area contributed by atoms with E-state index in [4.69, 9.17) is 11.6 Å². The molecule has 0 radical (unpaired) electrons. The Kier molecular flexibility index (Phi) is 5.58. The zero-order valence-electron chi connectivity index (χ0n) is 13.2. The van der Waals surface area contributed by atoms with E-state index >= 15 is 0 Å². The molecule has 0 aliphatic rings. The molecule has 0 unspecified atom stereocenters. The summed E-state index contributed by atoms with van der Waals surface area (Å²) in [7, 11) is 0. The van der Waals surface area contributed by atoms with Crippen LogP contribution in [0.25, 0.3) is 0 Å². The number of hydrogen-bond donors (Lipinski definition) is 2. The maximum absolute atomic E-state index is 12.1. The number of quaternary nitrogens is 1. The van der Waals surface area contributed by atoms with Crippen LogP contribution in [-0.4, -0.2) is 12.5 Å². The Morgan fingerprint density at radius 3 is 2.32 bits per heavy atom. The highest BCUT2D eigenvalue weighted by molar-refractivity contribution is 6.30. The minimum Gasteiger partial charge on any atom is -0.333 e. The van der Waals surface area contributed by atoms with Crippen molar-refractivity contribution in [2.45, 2.75) is 26.8 Å². The number of benzene rings is 2. The van der Waals surface area contributed by atoms with Gasteiger partial charge in [-0.25, -0.2) is 0 Å². The van der Waals surface area contributed by atoms with E-state index in [9.17, 15) is 4.79 Å². The molecule has 0 bridgehead atoms. The third kappa shape index (κ3) is 4.33. The summed E-state index contributed by atoms with van der Waals surface area (Å²) in [5, 5.41) is 5.75. The van der Waals surface area contributed by atoms with Crippen molar-refractivity contribution in [2.75, 3.05) is 11.9 Å². The second kappa shape index (κ2) is 7.43. The van der Waals surface area contributed by atoms with E-state index in [2.05, 4.69) is 12.2 Å². The maximum Gasteiger partial charge on any atom is 0.279 e. The topological polar surface area (TPSA) is 45.7 Å². The molecule has 3 N–H and O–H groups in total. The van der Waals surface area contributed by atoms with Gasteiger partial charge in [0.15, 0.2) is 6.54 Å². The Balaban J connectivity index is 1.91. The van der Waals surface area contributed by atoms with Gasteiger partial charge in [0, 0.05) is 16.3 Å². The van der Waals surface area contributed by atoms with Gasteiger partial charge in [-0.3, -0.25) is 4.79 Å². The van der Waals surface area contributed by atoms with Crippen LogP contribution in [0.3, 0.4) is 0 Å². The van der Waals surface area contributed by atoms with E-state index in [1.54, 1.807) is 0 Å². The summed E-state index contributed by atoms with van der Waals surface area (Å²) in [6.45, 7) is 6.47. The molecular weight excluding hydrogens is 296 g/mol. The van der Waals surface area contributed by atoms with E-state index in [1.165, 1.54) is 0 Å². The first-order chi connectivity index (χ1) is 10.5. The van der Waals surface area contributed by atoms with Crippen LogP contribution in [0.5, 0.6) is 0 Å². The van der Waals surface area contributed by atoms with Crippen LogP contribution in [0.1, 0.15) is 29.7 Å². The minimum absolute atomic E-state index is 0.0122. The lowest BCUT2D eigenvalue weighted by molar-refractivity contribution is -0.682. The first kappa shape index (κ1) is 16.5.